The molecule has 2 unspecified atom stereocenters. The highest BCUT2D eigenvalue weighted by Gasteiger charge is 2.23. The van der Waals surface area contributed by atoms with E-state index in [1.807, 2.05) is 13.8 Å². The molecule has 20 heavy (non-hydrogen) atoms. The molecule has 2 N–H and O–H groups in total. The lowest BCUT2D eigenvalue weighted by Gasteiger charge is -2.18. The molecule has 1 aromatic carbocycles. The topological polar surface area (TPSA) is 66.8 Å². The summed E-state index contributed by atoms with van der Waals surface area (Å²) in [6, 6.07) is 6.07. The van der Waals surface area contributed by atoms with Crippen molar-refractivity contribution < 1.29 is 24.1 Å². The summed E-state index contributed by atoms with van der Waals surface area (Å²) in [7, 11) is 0. The van der Waals surface area contributed by atoms with Gasteiger partial charge in [-0.05, 0) is 38.3 Å². The predicted octanol–water partition coefficient (Wildman–Crippen LogP) is 2.24. The summed E-state index contributed by atoms with van der Waals surface area (Å²) >= 11 is 0. The van der Waals surface area contributed by atoms with Gasteiger partial charge < -0.3 is 14.9 Å². The number of rotatable bonds is 8. The number of carbonyl (C=O) groups is 1. The van der Waals surface area contributed by atoms with Gasteiger partial charge >= 0.3 is 5.97 Å². The molecule has 0 radical (unpaired) electrons. The number of aliphatic hydroxyl groups is 1. The number of halogens is 1. The average Bonchev–Trinajstić information content (AvgIpc) is 2.38. The lowest BCUT2D eigenvalue weighted by Crippen LogP contribution is -2.27. The van der Waals surface area contributed by atoms with Crippen molar-refractivity contribution in [3.05, 3.63) is 35.6 Å². The molecule has 1 rings (SSSR count). The van der Waals surface area contributed by atoms with E-state index in [9.17, 15) is 19.4 Å². The molecule has 5 heteroatoms. The van der Waals surface area contributed by atoms with E-state index < -0.39 is 23.8 Å². The molecule has 0 saturated carbocycles. The molecule has 112 valence electrons. The van der Waals surface area contributed by atoms with Gasteiger partial charge in [-0.2, -0.15) is 0 Å². The second kappa shape index (κ2) is 7.97. The molecule has 1 aromatic rings. The highest BCUT2D eigenvalue weighted by Crippen LogP contribution is 2.17. The molecule has 0 amide bonds. The van der Waals surface area contributed by atoms with Crippen LogP contribution in [0.25, 0.3) is 0 Å². The van der Waals surface area contributed by atoms with Gasteiger partial charge in [0.1, 0.15) is 5.82 Å². The normalized spacial score (nSPS) is 14.2. The van der Waals surface area contributed by atoms with E-state index in [1.54, 1.807) is 18.2 Å². The van der Waals surface area contributed by atoms with Crippen LogP contribution in [0.1, 0.15) is 25.8 Å². The highest BCUT2D eigenvalue weighted by molar-refractivity contribution is 5.70. The number of ether oxygens (including phenoxy) is 1. The highest BCUT2D eigenvalue weighted by atomic mass is 19.1. The number of aliphatic hydroxyl groups excluding tert-OH is 1. The van der Waals surface area contributed by atoms with Crippen LogP contribution in [0, 0.1) is 11.7 Å². The molecule has 0 heterocycles. The average molecular weight is 284 g/mol. The van der Waals surface area contributed by atoms with Crippen molar-refractivity contribution in [3.8, 4) is 0 Å². The number of benzene rings is 1. The van der Waals surface area contributed by atoms with Crippen molar-refractivity contribution in [1.82, 2.24) is 0 Å². The Morgan fingerprint density at radius 2 is 2.00 bits per heavy atom. The number of aliphatic carboxylic acids is 1. The fourth-order valence-corrected chi connectivity index (χ4v) is 1.90. The Morgan fingerprint density at radius 3 is 2.55 bits per heavy atom. The van der Waals surface area contributed by atoms with Crippen LogP contribution in [0.5, 0.6) is 0 Å². The van der Waals surface area contributed by atoms with Gasteiger partial charge in [0.05, 0.1) is 24.7 Å². The van der Waals surface area contributed by atoms with E-state index in [1.165, 1.54) is 6.07 Å². The summed E-state index contributed by atoms with van der Waals surface area (Å²) in [5.74, 6) is -2.30. The van der Waals surface area contributed by atoms with E-state index in [0.29, 0.717) is 5.56 Å². The van der Waals surface area contributed by atoms with Crippen LogP contribution < -0.4 is 0 Å². The van der Waals surface area contributed by atoms with Crippen molar-refractivity contribution in [2.24, 2.45) is 5.92 Å². The smallest absolute Gasteiger partial charge is 0.306 e. The van der Waals surface area contributed by atoms with Gasteiger partial charge in [-0.25, -0.2) is 4.39 Å². The van der Waals surface area contributed by atoms with Crippen LogP contribution in [-0.2, 0) is 16.0 Å². The van der Waals surface area contributed by atoms with Gasteiger partial charge in [0, 0.05) is 0 Å². The molecule has 0 aliphatic rings. The minimum atomic E-state index is -1.04. The van der Waals surface area contributed by atoms with E-state index in [2.05, 4.69) is 0 Å². The molecule has 0 saturated heterocycles. The van der Waals surface area contributed by atoms with E-state index >= 15 is 0 Å². The SMILES string of the molecule is CC(C)OCC(O)CC(Cc1ccccc1F)C(=O)O. The molecule has 2 atom stereocenters. The molecular weight excluding hydrogens is 263 g/mol. The summed E-state index contributed by atoms with van der Waals surface area (Å²) < 4.78 is 18.8. The zero-order valence-electron chi connectivity index (χ0n) is 11.8. The van der Waals surface area contributed by atoms with Crippen LogP contribution in [0.15, 0.2) is 24.3 Å². The Hall–Kier alpha value is -1.46. The third kappa shape index (κ3) is 5.67. The number of hydrogen-bond donors (Lipinski definition) is 2. The molecule has 0 aliphatic heterocycles. The van der Waals surface area contributed by atoms with Crippen molar-refractivity contribution >= 4 is 5.97 Å². The van der Waals surface area contributed by atoms with Gasteiger partial charge in [-0.1, -0.05) is 18.2 Å². The Morgan fingerprint density at radius 1 is 1.35 bits per heavy atom. The fourth-order valence-electron chi connectivity index (χ4n) is 1.90. The maximum absolute atomic E-state index is 13.5. The molecule has 0 fully saturated rings. The Bertz CT molecular complexity index is 434. The quantitative estimate of drug-likeness (QED) is 0.768. The molecule has 0 spiro atoms. The zero-order valence-corrected chi connectivity index (χ0v) is 11.8. The molecule has 0 aromatic heterocycles. The summed E-state index contributed by atoms with van der Waals surface area (Å²) in [5.41, 5.74) is 0.344. The van der Waals surface area contributed by atoms with Crippen LogP contribution in [0.2, 0.25) is 0 Å². The minimum Gasteiger partial charge on any atom is -0.481 e. The first-order chi connectivity index (χ1) is 9.40. The largest absolute Gasteiger partial charge is 0.481 e. The van der Waals surface area contributed by atoms with Gasteiger partial charge in [0.15, 0.2) is 0 Å². The van der Waals surface area contributed by atoms with Gasteiger partial charge in [-0.3, -0.25) is 4.79 Å². The first-order valence-electron chi connectivity index (χ1n) is 6.66. The van der Waals surface area contributed by atoms with Crippen LogP contribution >= 0.6 is 0 Å². The lowest BCUT2D eigenvalue weighted by atomic mass is 9.93. The maximum Gasteiger partial charge on any atom is 0.306 e. The fraction of sp³-hybridized carbons (Fsp3) is 0.533. The molecular formula is C15H21FO4. The third-order valence-corrected chi connectivity index (χ3v) is 2.95. The second-order valence-electron chi connectivity index (χ2n) is 5.10. The van der Waals surface area contributed by atoms with E-state index in [0.717, 1.165) is 0 Å². The molecule has 0 bridgehead atoms. The van der Waals surface area contributed by atoms with E-state index in [-0.39, 0.29) is 25.6 Å². The van der Waals surface area contributed by atoms with Crippen LogP contribution in [0.3, 0.4) is 0 Å². The van der Waals surface area contributed by atoms with Gasteiger partial charge in [0.25, 0.3) is 0 Å². The Labute approximate surface area is 118 Å². The Balaban J connectivity index is 2.61. The summed E-state index contributed by atoms with van der Waals surface area (Å²) in [6.07, 6.45) is -0.804. The predicted molar refractivity (Wildman–Crippen MR) is 72.9 cm³/mol. The summed E-state index contributed by atoms with van der Waals surface area (Å²) in [5, 5.41) is 19.0. The number of carboxylic acids is 1. The van der Waals surface area contributed by atoms with Crippen molar-refractivity contribution in [2.45, 2.75) is 38.9 Å². The van der Waals surface area contributed by atoms with Crippen molar-refractivity contribution in [1.29, 1.82) is 0 Å². The van der Waals surface area contributed by atoms with E-state index in [4.69, 9.17) is 4.74 Å². The van der Waals surface area contributed by atoms with Gasteiger partial charge in [0.2, 0.25) is 0 Å². The third-order valence-electron chi connectivity index (χ3n) is 2.95. The summed E-state index contributed by atoms with van der Waals surface area (Å²) in [4.78, 5) is 11.2. The van der Waals surface area contributed by atoms with Gasteiger partial charge in [-0.15, -0.1) is 0 Å². The van der Waals surface area contributed by atoms with Crippen LogP contribution in [-0.4, -0.2) is 35.0 Å². The lowest BCUT2D eigenvalue weighted by molar-refractivity contribution is -0.143. The Kier molecular flexibility index (Phi) is 6.61. The second-order valence-corrected chi connectivity index (χ2v) is 5.10. The number of carboxylic acid groups (broad SMARTS) is 1. The van der Waals surface area contributed by atoms with Crippen molar-refractivity contribution in [2.75, 3.05) is 6.61 Å². The first kappa shape index (κ1) is 16.6. The zero-order chi connectivity index (χ0) is 15.1. The monoisotopic (exact) mass is 284 g/mol. The number of hydrogen-bond acceptors (Lipinski definition) is 3. The maximum atomic E-state index is 13.5. The standard InChI is InChI=1S/C15H21FO4/c1-10(2)20-9-13(17)8-12(15(18)19)7-11-5-3-4-6-14(11)16/h3-6,10,12-13,17H,7-9H2,1-2H3,(H,18,19). The molecule has 4 nitrogen and oxygen atoms in total. The minimum absolute atomic E-state index is 0.0282. The molecule has 0 aliphatic carbocycles. The summed E-state index contributed by atoms with van der Waals surface area (Å²) in [6.45, 7) is 3.75. The van der Waals surface area contributed by atoms with Crippen LogP contribution in [0.4, 0.5) is 4.39 Å². The first-order valence-corrected chi connectivity index (χ1v) is 6.66. The van der Waals surface area contributed by atoms with Crippen molar-refractivity contribution in [3.63, 3.8) is 0 Å².